The van der Waals surface area contributed by atoms with Gasteiger partial charge in [0.15, 0.2) is 0 Å². The molecule has 1 atom stereocenters. The van der Waals surface area contributed by atoms with Gasteiger partial charge in [0, 0.05) is 0 Å². The molecule has 12 heavy (non-hydrogen) atoms. The van der Waals surface area contributed by atoms with Gasteiger partial charge in [0.05, 0.1) is 0 Å². The minimum atomic E-state index is 0.893. The quantitative estimate of drug-likeness (QED) is 0.522. The van der Waals surface area contributed by atoms with Crippen LogP contribution in [0.25, 0.3) is 0 Å². The van der Waals surface area contributed by atoms with Gasteiger partial charge >= 0.3 is 0 Å². The first-order chi connectivity index (χ1) is 5.70. The smallest absolute Gasteiger partial charge is 0.0417 e. The van der Waals surface area contributed by atoms with E-state index in [0.717, 1.165) is 11.8 Å². The standard InChI is InChI=1S/C12H26/c1-5-8-12(6-2)10-7-9-11(3)4/h11-12H,5-10H2,1-4H3. The highest BCUT2D eigenvalue weighted by atomic mass is 14.1. The Balaban J connectivity index is 3.31. The van der Waals surface area contributed by atoms with Crippen molar-refractivity contribution in [2.75, 3.05) is 0 Å². The van der Waals surface area contributed by atoms with Gasteiger partial charge in [-0.3, -0.25) is 0 Å². The van der Waals surface area contributed by atoms with Gasteiger partial charge in [0.2, 0.25) is 0 Å². The van der Waals surface area contributed by atoms with Gasteiger partial charge in [-0.15, -0.1) is 0 Å². The summed E-state index contributed by atoms with van der Waals surface area (Å²) in [6.07, 6.45) is 8.50. The summed E-state index contributed by atoms with van der Waals surface area (Å²) in [5.41, 5.74) is 0. The zero-order valence-corrected chi connectivity index (χ0v) is 9.40. The summed E-state index contributed by atoms with van der Waals surface area (Å²) >= 11 is 0. The maximum absolute atomic E-state index is 2.33. The summed E-state index contributed by atoms with van der Waals surface area (Å²) in [7, 11) is 0. The van der Waals surface area contributed by atoms with Crippen LogP contribution in [-0.2, 0) is 0 Å². The summed E-state index contributed by atoms with van der Waals surface area (Å²) < 4.78 is 0. The predicted molar refractivity (Wildman–Crippen MR) is 57.4 cm³/mol. The largest absolute Gasteiger partial charge is 0.0654 e. The van der Waals surface area contributed by atoms with E-state index >= 15 is 0 Å². The molecule has 0 heteroatoms. The number of hydrogen-bond donors (Lipinski definition) is 0. The molecule has 0 saturated heterocycles. The Morgan fingerprint density at radius 1 is 0.917 bits per heavy atom. The van der Waals surface area contributed by atoms with Crippen LogP contribution in [0.2, 0.25) is 0 Å². The maximum atomic E-state index is 2.33. The molecule has 0 fully saturated rings. The molecule has 0 aliphatic heterocycles. The van der Waals surface area contributed by atoms with Crippen LogP contribution in [0.4, 0.5) is 0 Å². The Labute approximate surface area is 78.8 Å². The molecule has 74 valence electrons. The Morgan fingerprint density at radius 3 is 2.00 bits per heavy atom. The van der Waals surface area contributed by atoms with E-state index in [9.17, 15) is 0 Å². The van der Waals surface area contributed by atoms with Crippen LogP contribution in [0, 0.1) is 11.8 Å². The van der Waals surface area contributed by atoms with Gasteiger partial charge < -0.3 is 0 Å². The van der Waals surface area contributed by atoms with Crippen molar-refractivity contribution < 1.29 is 0 Å². The monoisotopic (exact) mass is 170 g/mol. The first kappa shape index (κ1) is 12.0. The molecular weight excluding hydrogens is 144 g/mol. The normalized spacial score (nSPS) is 13.8. The van der Waals surface area contributed by atoms with Gasteiger partial charge in [-0.05, 0) is 11.8 Å². The minimum Gasteiger partial charge on any atom is -0.0654 e. The second-order valence-electron chi connectivity index (χ2n) is 4.39. The fraction of sp³-hybridized carbons (Fsp3) is 1.00. The zero-order valence-electron chi connectivity index (χ0n) is 9.40. The molecule has 0 amide bonds. The van der Waals surface area contributed by atoms with Crippen LogP contribution in [0.1, 0.15) is 66.2 Å². The third kappa shape index (κ3) is 6.69. The highest BCUT2D eigenvalue weighted by Crippen LogP contribution is 2.19. The SMILES string of the molecule is CCCC(CC)CCCC(C)C. The zero-order chi connectivity index (χ0) is 9.40. The molecule has 1 unspecified atom stereocenters. The third-order valence-electron chi connectivity index (χ3n) is 2.67. The van der Waals surface area contributed by atoms with E-state index in [1.165, 1.54) is 38.5 Å². The van der Waals surface area contributed by atoms with E-state index < -0.39 is 0 Å². The summed E-state index contributed by atoms with van der Waals surface area (Å²) in [6, 6.07) is 0. The van der Waals surface area contributed by atoms with Gasteiger partial charge in [0.1, 0.15) is 0 Å². The molecule has 0 nitrogen and oxygen atoms in total. The van der Waals surface area contributed by atoms with Crippen LogP contribution >= 0.6 is 0 Å². The Bertz CT molecular complexity index is 84.0. The molecule has 0 aliphatic carbocycles. The Morgan fingerprint density at radius 2 is 1.58 bits per heavy atom. The van der Waals surface area contributed by atoms with Crippen molar-refractivity contribution in [2.45, 2.75) is 66.2 Å². The van der Waals surface area contributed by atoms with Crippen molar-refractivity contribution in [2.24, 2.45) is 11.8 Å². The van der Waals surface area contributed by atoms with Gasteiger partial charge in [0.25, 0.3) is 0 Å². The number of rotatable bonds is 7. The van der Waals surface area contributed by atoms with Crippen LogP contribution in [-0.4, -0.2) is 0 Å². The highest BCUT2D eigenvalue weighted by molar-refractivity contribution is 4.57. The van der Waals surface area contributed by atoms with Crippen LogP contribution in [0.3, 0.4) is 0 Å². The molecule has 0 radical (unpaired) electrons. The lowest BCUT2D eigenvalue weighted by atomic mass is 9.93. The van der Waals surface area contributed by atoms with Gasteiger partial charge in [-0.2, -0.15) is 0 Å². The molecule has 0 aromatic rings. The van der Waals surface area contributed by atoms with Crippen LogP contribution in [0.5, 0.6) is 0 Å². The van der Waals surface area contributed by atoms with Gasteiger partial charge in [-0.25, -0.2) is 0 Å². The van der Waals surface area contributed by atoms with Crippen molar-refractivity contribution in [3.05, 3.63) is 0 Å². The molecular formula is C12H26. The van der Waals surface area contributed by atoms with Crippen LogP contribution in [0.15, 0.2) is 0 Å². The first-order valence-corrected chi connectivity index (χ1v) is 5.70. The molecule has 0 saturated carbocycles. The lowest BCUT2D eigenvalue weighted by molar-refractivity contribution is 0.396. The Hall–Kier alpha value is 0. The average Bonchev–Trinajstić information content (AvgIpc) is 2.02. The highest BCUT2D eigenvalue weighted by Gasteiger charge is 2.04. The van der Waals surface area contributed by atoms with E-state index in [2.05, 4.69) is 27.7 Å². The maximum Gasteiger partial charge on any atom is -0.0417 e. The molecule has 0 heterocycles. The first-order valence-electron chi connectivity index (χ1n) is 5.70. The summed E-state index contributed by atoms with van der Waals surface area (Å²) in [4.78, 5) is 0. The van der Waals surface area contributed by atoms with Crippen molar-refractivity contribution in [1.82, 2.24) is 0 Å². The summed E-state index contributed by atoms with van der Waals surface area (Å²) in [5, 5.41) is 0. The van der Waals surface area contributed by atoms with Gasteiger partial charge in [-0.1, -0.05) is 66.2 Å². The van der Waals surface area contributed by atoms with E-state index in [-0.39, 0.29) is 0 Å². The minimum absolute atomic E-state index is 0.893. The third-order valence-corrected chi connectivity index (χ3v) is 2.67. The Kier molecular flexibility index (Phi) is 7.64. The van der Waals surface area contributed by atoms with Crippen molar-refractivity contribution in [3.8, 4) is 0 Å². The average molecular weight is 170 g/mol. The second-order valence-corrected chi connectivity index (χ2v) is 4.39. The predicted octanol–water partition coefficient (Wildman–Crippen LogP) is 4.64. The molecule has 0 N–H and O–H groups in total. The van der Waals surface area contributed by atoms with E-state index in [1.54, 1.807) is 0 Å². The molecule has 0 aliphatic rings. The molecule has 0 spiro atoms. The van der Waals surface area contributed by atoms with Crippen LogP contribution < -0.4 is 0 Å². The topological polar surface area (TPSA) is 0 Å². The number of hydrogen-bond acceptors (Lipinski definition) is 0. The molecule has 0 aromatic heterocycles. The molecule has 0 aromatic carbocycles. The van der Waals surface area contributed by atoms with Crippen molar-refractivity contribution in [1.29, 1.82) is 0 Å². The lowest BCUT2D eigenvalue weighted by Crippen LogP contribution is -1.99. The second kappa shape index (κ2) is 7.64. The van der Waals surface area contributed by atoms with Crippen molar-refractivity contribution >= 4 is 0 Å². The lowest BCUT2D eigenvalue weighted by Gasteiger charge is -2.13. The van der Waals surface area contributed by atoms with E-state index in [1.807, 2.05) is 0 Å². The van der Waals surface area contributed by atoms with Crippen molar-refractivity contribution in [3.63, 3.8) is 0 Å². The van der Waals surface area contributed by atoms with E-state index in [0.29, 0.717) is 0 Å². The summed E-state index contributed by atoms with van der Waals surface area (Å²) in [5.74, 6) is 1.90. The van der Waals surface area contributed by atoms with E-state index in [4.69, 9.17) is 0 Å². The fourth-order valence-electron chi connectivity index (χ4n) is 1.78. The molecule has 0 bridgehead atoms. The summed E-state index contributed by atoms with van der Waals surface area (Å²) in [6.45, 7) is 9.27. The fourth-order valence-corrected chi connectivity index (χ4v) is 1.78. The molecule has 0 rings (SSSR count).